The fourth-order valence-corrected chi connectivity index (χ4v) is 3.04. The van der Waals surface area contributed by atoms with Crippen molar-refractivity contribution in [3.05, 3.63) is 55.4 Å². The van der Waals surface area contributed by atoms with Crippen LogP contribution in [0.4, 0.5) is 4.39 Å². The summed E-state index contributed by atoms with van der Waals surface area (Å²) in [5.41, 5.74) is 1.87. The molecule has 0 saturated heterocycles. The van der Waals surface area contributed by atoms with Gasteiger partial charge in [-0.3, -0.25) is 0 Å². The fraction of sp³-hybridized carbons (Fsp3) is 0.231. The third kappa shape index (κ3) is 2.59. The van der Waals surface area contributed by atoms with E-state index in [1.807, 2.05) is 19.9 Å². The Bertz CT molecular complexity index is 531. The van der Waals surface area contributed by atoms with Crippen LogP contribution in [0.25, 0.3) is 0 Å². The second-order valence-electron chi connectivity index (χ2n) is 3.96. The Morgan fingerprint density at radius 1 is 1.29 bits per heavy atom. The SMILES string of the molecule is Cc1cc(C(O)c2ccc(F)c(Br)c2)sc1C. The first-order valence-corrected chi connectivity index (χ1v) is 6.80. The van der Waals surface area contributed by atoms with Crippen LogP contribution in [0.5, 0.6) is 0 Å². The zero-order valence-electron chi connectivity index (χ0n) is 9.50. The van der Waals surface area contributed by atoms with Crippen molar-refractivity contribution in [2.45, 2.75) is 20.0 Å². The van der Waals surface area contributed by atoms with Gasteiger partial charge >= 0.3 is 0 Å². The van der Waals surface area contributed by atoms with E-state index in [-0.39, 0.29) is 5.82 Å². The zero-order valence-corrected chi connectivity index (χ0v) is 11.9. The van der Waals surface area contributed by atoms with Crippen molar-refractivity contribution in [3.63, 3.8) is 0 Å². The number of benzene rings is 1. The lowest BCUT2D eigenvalue weighted by Crippen LogP contribution is -1.97. The van der Waals surface area contributed by atoms with E-state index in [1.54, 1.807) is 23.5 Å². The van der Waals surface area contributed by atoms with Gasteiger partial charge in [0.25, 0.3) is 0 Å². The molecule has 1 heterocycles. The van der Waals surface area contributed by atoms with Crippen LogP contribution in [0, 0.1) is 19.7 Å². The molecule has 0 spiro atoms. The predicted molar refractivity (Wildman–Crippen MR) is 72.0 cm³/mol. The van der Waals surface area contributed by atoms with Gasteiger partial charge in [-0.2, -0.15) is 0 Å². The van der Waals surface area contributed by atoms with Gasteiger partial charge in [-0.25, -0.2) is 4.39 Å². The first-order chi connectivity index (χ1) is 7.99. The molecule has 0 radical (unpaired) electrons. The van der Waals surface area contributed by atoms with E-state index in [2.05, 4.69) is 15.9 Å². The summed E-state index contributed by atoms with van der Waals surface area (Å²) in [6, 6.07) is 6.55. The van der Waals surface area contributed by atoms with Crippen LogP contribution < -0.4 is 0 Å². The summed E-state index contributed by atoms with van der Waals surface area (Å²) in [5.74, 6) is -0.320. The third-order valence-electron chi connectivity index (χ3n) is 2.71. The summed E-state index contributed by atoms with van der Waals surface area (Å²) in [6.07, 6.45) is -0.690. The maximum Gasteiger partial charge on any atom is 0.137 e. The summed E-state index contributed by atoms with van der Waals surface area (Å²) in [4.78, 5) is 2.08. The number of thiophene rings is 1. The number of halogens is 2. The first-order valence-electron chi connectivity index (χ1n) is 5.19. The monoisotopic (exact) mass is 314 g/mol. The van der Waals surface area contributed by atoms with Gasteiger partial charge in [0.2, 0.25) is 0 Å². The first kappa shape index (κ1) is 12.7. The molecule has 1 N–H and O–H groups in total. The second kappa shape index (κ2) is 4.88. The molecule has 1 atom stereocenters. The standard InChI is InChI=1S/C13H12BrFOS/c1-7-5-12(17-8(7)2)13(16)9-3-4-11(15)10(14)6-9/h3-6,13,16H,1-2H3. The molecule has 0 fully saturated rings. The average Bonchev–Trinajstić information content (AvgIpc) is 2.62. The molecule has 0 saturated carbocycles. The Morgan fingerprint density at radius 3 is 2.53 bits per heavy atom. The lowest BCUT2D eigenvalue weighted by atomic mass is 10.1. The number of aliphatic hydroxyl groups is 1. The molecule has 4 heteroatoms. The Kier molecular flexibility index (Phi) is 3.66. The number of hydrogen-bond donors (Lipinski definition) is 1. The Morgan fingerprint density at radius 2 is 2.00 bits per heavy atom. The molecular formula is C13H12BrFOS. The number of rotatable bonds is 2. The highest BCUT2D eigenvalue weighted by Gasteiger charge is 2.15. The second-order valence-corrected chi connectivity index (χ2v) is 6.11. The van der Waals surface area contributed by atoms with Crippen LogP contribution in [0.2, 0.25) is 0 Å². The summed E-state index contributed by atoms with van der Waals surface area (Å²) in [5, 5.41) is 10.2. The van der Waals surface area contributed by atoms with Crippen molar-refractivity contribution in [2.75, 3.05) is 0 Å². The number of hydrogen-bond acceptors (Lipinski definition) is 2. The van der Waals surface area contributed by atoms with Gasteiger partial charge in [-0.15, -0.1) is 11.3 Å². The van der Waals surface area contributed by atoms with Crippen LogP contribution in [0.3, 0.4) is 0 Å². The quantitative estimate of drug-likeness (QED) is 0.873. The normalized spacial score (nSPS) is 12.8. The predicted octanol–water partition coefficient (Wildman–Crippen LogP) is 4.35. The van der Waals surface area contributed by atoms with E-state index >= 15 is 0 Å². The van der Waals surface area contributed by atoms with Crippen LogP contribution >= 0.6 is 27.3 Å². The molecule has 0 aliphatic carbocycles. The average molecular weight is 315 g/mol. The lowest BCUT2D eigenvalue weighted by molar-refractivity contribution is 0.224. The molecule has 0 aliphatic rings. The van der Waals surface area contributed by atoms with Crippen LogP contribution in [0.1, 0.15) is 27.0 Å². The van der Waals surface area contributed by atoms with Crippen molar-refractivity contribution < 1.29 is 9.50 Å². The van der Waals surface area contributed by atoms with Crippen LogP contribution in [-0.2, 0) is 0 Å². The minimum absolute atomic E-state index is 0.320. The molecule has 1 nitrogen and oxygen atoms in total. The van der Waals surface area contributed by atoms with Gasteiger partial charge < -0.3 is 5.11 Å². The van der Waals surface area contributed by atoms with Crippen LogP contribution in [-0.4, -0.2) is 5.11 Å². The van der Waals surface area contributed by atoms with E-state index < -0.39 is 6.10 Å². The molecule has 1 aromatic heterocycles. The molecule has 0 aliphatic heterocycles. The van der Waals surface area contributed by atoms with Crippen molar-refractivity contribution in [1.82, 2.24) is 0 Å². The minimum atomic E-state index is -0.690. The molecule has 2 rings (SSSR count). The van der Waals surface area contributed by atoms with Crippen molar-refractivity contribution in [3.8, 4) is 0 Å². The largest absolute Gasteiger partial charge is 0.383 e. The van der Waals surface area contributed by atoms with Gasteiger partial charge in [-0.05, 0) is 59.1 Å². The van der Waals surface area contributed by atoms with Gasteiger partial charge in [0.1, 0.15) is 11.9 Å². The van der Waals surface area contributed by atoms with Crippen molar-refractivity contribution in [1.29, 1.82) is 0 Å². The smallest absolute Gasteiger partial charge is 0.137 e. The molecule has 2 aromatic rings. The van der Waals surface area contributed by atoms with E-state index in [0.717, 1.165) is 4.88 Å². The summed E-state index contributed by atoms with van der Waals surface area (Å²) >= 11 is 4.69. The fourth-order valence-electron chi connectivity index (χ4n) is 1.58. The molecule has 17 heavy (non-hydrogen) atoms. The highest BCUT2D eigenvalue weighted by Crippen LogP contribution is 2.32. The van der Waals surface area contributed by atoms with Gasteiger partial charge in [0, 0.05) is 9.75 Å². The van der Waals surface area contributed by atoms with E-state index in [1.165, 1.54) is 16.5 Å². The topological polar surface area (TPSA) is 20.2 Å². The summed E-state index contributed by atoms with van der Waals surface area (Å²) in [6.45, 7) is 4.04. The molecule has 0 amide bonds. The van der Waals surface area contributed by atoms with E-state index in [9.17, 15) is 9.50 Å². The molecule has 90 valence electrons. The van der Waals surface area contributed by atoms with Crippen LogP contribution in [0.15, 0.2) is 28.7 Å². The number of aliphatic hydroxyl groups excluding tert-OH is 1. The van der Waals surface area contributed by atoms with E-state index in [4.69, 9.17) is 0 Å². The van der Waals surface area contributed by atoms with Gasteiger partial charge in [0.15, 0.2) is 0 Å². The molecule has 1 aromatic carbocycles. The molecular weight excluding hydrogens is 303 g/mol. The molecule has 1 unspecified atom stereocenters. The maximum atomic E-state index is 13.1. The summed E-state index contributed by atoms with van der Waals surface area (Å²) in [7, 11) is 0. The van der Waals surface area contributed by atoms with Gasteiger partial charge in [-0.1, -0.05) is 6.07 Å². The third-order valence-corrected chi connectivity index (χ3v) is 4.53. The van der Waals surface area contributed by atoms with Gasteiger partial charge in [0.05, 0.1) is 4.47 Å². The maximum absolute atomic E-state index is 13.1. The van der Waals surface area contributed by atoms with Crippen molar-refractivity contribution in [2.24, 2.45) is 0 Å². The highest BCUT2D eigenvalue weighted by atomic mass is 79.9. The van der Waals surface area contributed by atoms with E-state index in [0.29, 0.717) is 10.0 Å². The lowest BCUT2D eigenvalue weighted by Gasteiger charge is -2.09. The Labute approximate surface area is 112 Å². The zero-order chi connectivity index (χ0) is 12.6. The highest BCUT2D eigenvalue weighted by molar-refractivity contribution is 9.10. The van der Waals surface area contributed by atoms with Crippen molar-refractivity contribution >= 4 is 27.3 Å². The Hall–Kier alpha value is -0.710. The Balaban J connectivity index is 2.36. The number of aryl methyl sites for hydroxylation is 2. The minimum Gasteiger partial charge on any atom is -0.383 e. The molecule has 0 bridgehead atoms. The summed E-state index contributed by atoms with van der Waals surface area (Å²) < 4.78 is 13.5.